The molecule has 0 radical (unpaired) electrons. The molecule has 2 unspecified atom stereocenters. The van der Waals surface area contributed by atoms with Crippen molar-refractivity contribution in [1.82, 2.24) is 5.32 Å². The minimum atomic E-state index is 0.286. The van der Waals surface area contributed by atoms with E-state index in [0.717, 1.165) is 31.6 Å². The standard InChI is InChI=1S/C18H31NO2/c1-7-12-19-17(11-9-14(3)20-5)16-10-8-13(2)15(4)18(16)21-6/h8,10,14,17,19H,7,9,11-12H2,1-6H3. The van der Waals surface area contributed by atoms with Crippen molar-refractivity contribution in [3.63, 3.8) is 0 Å². The average Bonchev–Trinajstić information content (AvgIpc) is 2.50. The summed E-state index contributed by atoms with van der Waals surface area (Å²) in [5.41, 5.74) is 3.77. The maximum Gasteiger partial charge on any atom is 0.126 e. The van der Waals surface area contributed by atoms with Crippen LogP contribution < -0.4 is 10.1 Å². The molecule has 1 aromatic carbocycles. The van der Waals surface area contributed by atoms with Gasteiger partial charge in [0.2, 0.25) is 0 Å². The van der Waals surface area contributed by atoms with E-state index in [-0.39, 0.29) is 6.10 Å². The fourth-order valence-electron chi connectivity index (χ4n) is 2.56. The van der Waals surface area contributed by atoms with Crippen LogP contribution in [0.4, 0.5) is 0 Å². The Morgan fingerprint density at radius 3 is 2.43 bits per heavy atom. The lowest BCUT2D eigenvalue weighted by Gasteiger charge is -2.24. The van der Waals surface area contributed by atoms with E-state index >= 15 is 0 Å². The summed E-state index contributed by atoms with van der Waals surface area (Å²) in [6, 6.07) is 4.70. The molecule has 120 valence electrons. The van der Waals surface area contributed by atoms with E-state index in [1.807, 2.05) is 0 Å². The van der Waals surface area contributed by atoms with Crippen molar-refractivity contribution in [3.8, 4) is 5.75 Å². The average molecular weight is 293 g/mol. The molecule has 0 fully saturated rings. The second-order valence-corrected chi connectivity index (χ2v) is 5.76. The number of ether oxygens (including phenoxy) is 2. The molecule has 0 aliphatic carbocycles. The third-order valence-electron chi connectivity index (χ3n) is 4.19. The van der Waals surface area contributed by atoms with Crippen LogP contribution in [0.3, 0.4) is 0 Å². The summed E-state index contributed by atoms with van der Waals surface area (Å²) in [7, 11) is 3.54. The second-order valence-electron chi connectivity index (χ2n) is 5.76. The van der Waals surface area contributed by atoms with Crippen LogP contribution in [0.1, 0.15) is 55.8 Å². The SMILES string of the molecule is CCCNC(CCC(C)OC)c1ccc(C)c(C)c1OC. The van der Waals surface area contributed by atoms with Crippen molar-refractivity contribution in [3.05, 3.63) is 28.8 Å². The van der Waals surface area contributed by atoms with Crippen molar-refractivity contribution in [2.24, 2.45) is 0 Å². The number of hydrogen-bond donors (Lipinski definition) is 1. The summed E-state index contributed by atoms with van der Waals surface area (Å²) in [6.45, 7) is 9.59. The Bertz CT molecular complexity index is 431. The molecule has 3 nitrogen and oxygen atoms in total. The van der Waals surface area contributed by atoms with E-state index in [0.29, 0.717) is 6.04 Å². The molecule has 2 atom stereocenters. The summed E-state index contributed by atoms with van der Waals surface area (Å²) in [5.74, 6) is 1.02. The highest BCUT2D eigenvalue weighted by Gasteiger charge is 2.18. The molecular formula is C18H31NO2. The normalized spacial score (nSPS) is 14.0. The summed E-state index contributed by atoms with van der Waals surface area (Å²) < 4.78 is 11.1. The van der Waals surface area contributed by atoms with Crippen LogP contribution >= 0.6 is 0 Å². The number of methoxy groups -OCH3 is 2. The van der Waals surface area contributed by atoms with Gasteiger partial charge in [-0.3, -0.25) is 0 Å². The minimum absolute atomic E-state index is 0.286. The van der Waals surface area contributed by atoms with Gasteiger partial charge in [-0.05, 0) is 57.7 Å². The van der Waals surface area contributed by atoms with Gasteiger partial charge < -0.3 is 14.8 Å². The van der Waals surface area contributed by atoms with E-state index in [9.17, 15) is 0 Å². The van der Waals surface area contributed by atoms with Gasteiger partial charge in [-0.2, -0.15) is 0 Å². The number of rotatable bonds is 9. The van der Waals surface area contributed by atoms with Crippen molar-refractivity contribution >= 4 is 0 Å². The smallest absolute Gasteiger partial charge is 0.126 e. The van der Waals surface area contributed by atoms with Crippen LogP contribution in [0.5, 0.6) is 5.75 Å². The van der Waals surface area contributed by atoms with Crippen molar-refractivity contribution < 1.29 is 9.47 Å². The molecule has 0 aliphatic heterocycles. The lowest BCUT2D eigenvalue weighted by Crippen LogP contribution is -2.24. The van der Waals surface area contributed by atoms with Gasteiger partial charge >= 0.3 is 0 Å². The Labute approximate surface area is 130 Å². The zero-order valence-electron chi connectivity index (χ0n) is 14.5. The van der Waals surface area contributed by atoms with Crippen molar-refractivity contribution in [1.29, 1.82) is 0 Å². The Hall–Kier alpha value is -1.06. The first-order chi connectivity index (χ1) is 10.0. The fourth-order valence-corrected chi connectivity index (χ4v) is 2.56. The van der Waals surface area contributed by atoms with E-state index < -0.39 is 0 Å². The molecule has 1 aromatic rings. The van der Waals surface area contributed by atoms with E-state index in [1.165, 1.54) is 16.7 Å². The summed E-state index contributed by atoms with van der Waals surface area (Å²) in [4.78, 5) is 0. The van der Waals surface area contributed by atoms with E-state index in [1.54, 1.807) is 14.2 Å². The molecule has 21 heavy (non-hydrogen) atoms. The first kappa shape index (κ1) is 18.0. The molecule has 0 amide bonds. The zero-order valence-corrected chi connectivity index (χ0v) is 14.5. The lowest BCUT2D eigenvalue weighted by atomic mass is 9.95. The van der Waals surface area contributed by atoms with Crippen LogP contribution in [-0.4, -0.2) is 26.9 Å². The maximum absolute atomic E-state index is 5.68. The van der Waals surface area contributed by atoms with Crippen LogP contribution in [-0.2, 0) is 4.74 Å². The predicted molar refractivity (Wildman–Crippen MR) is 89.2 cm³/mol. The highest BCUT2D eigenvalue weighted by molar-refractivity contribution is 5.46. The van der Waals surface area contributed by atoms with Crippen LogP contribution in [0.25, 0.3) is 0 Å². The van der Waals surface area contributed by atoms with Crippen LogP contribution in [0.2, 0.25) is 0 Å². The number of benzene rings is 1. The molecule has 0 saturated carbocycles. The molecular weight excluding hydrogens is 262 g/mol. The van der Waals surface area contributed by atoms with Gasteiger partial charge in [0.25, 0.3) is 0 Å². The Morgan fingerprint density at radius 1 is 1.14 bits per heavy atom. The molecule has 3 heteroatoms. The Balaban J connectivity index is 2.99. The molecule has 0 aliphatic rings. The number of aryl methyl sites for hydroxylation is 1. The molecule has 0 heterocycles. The quantitative estimate of drug-likeness (QED) is 0.741. The van der Waals surface area contributed by atoms with Gasteiger partial charge in [-0.25, -0.2) is 0 Å². The third-order valence-corrected chi connectivity index (χ3v) is 4.19. The highest BCUT2D eigenvalue weighted by atomic mass is 16.5. The summed E-state index contributed by atoms with van der Waals surface area (Å²) in [5, 5.41) is 3.65. The molecule has 0 aromatic heterocycles. The molecule has 1 N–H and O–H groups in total. The second kappa shape index (κ2) is 9.06. The fraction of sp³-hybridized carbons (Fsp3) is 0.667. The van der Waals surface area contributed by atoms with Gasteiger partial charge in [0.15, 0.2) is 0 Å². The van der Waals surface area contributed by atoms with Gasteiger partial charge in [0, 0.05) is 18.7 Å². The van der Waals surface area contributed by atoms with Gasteiger partial charge in [-0.15, -0.1) is 0 Å². The monoisotopic (exact) mass is 293 g/mol. The molecule has 0 bridgehead atoms. The van der Waals surface area contributed by atoms with Crippen LogP contribution in [0, 0.1) is 13.8 Å². The van der Waals surface area contributed by atoms with Crippen LogP contribution in [0.15, 0.2) is 12.1 Å². The first-order valence-electron chi connectivity index (χ1n) is 7.95. The number of nitrogens with one attached hydrogen (secondary N) is 1. The lowest BCUT2D eigenvalue weighted by molar-refractivity contribution is 0.106. The van der Waals surface area contributed by atoms with Gasteiger partial charge in [0.1, 0.15) is 5.75 Å². The summed E-state index contributed by atoms with van der Waals surface area (Å²) in [6.07, 6.45) is 3.50. The number of hydrogen-bond acceptors (Lipinski definition) is 3. The van der Waals surface area contributed by atoms with Crippen molar-refractivity contribution in [2.45, 2.75) is 59.1 Å². The topological polar surface area (TPSA) is 30.5 Å². The predicted octanol–water partition coefficient (Wildman–Crippen LogP) is 4.17. The largest absolute Gasteiger partial charge is 0.496 e. The maximum atomic E-state index is 5.68. The molecule has 1 rings (SSSR count). The third kappa shape index (κ3) is 5.01. The van der Waals surface area contributed by atoms with Gasteiger partial charge in [-0.1, -0.05) is 19.1 Å². The first-order valence-corrected chi connectivity index (χ1v) is 7.95. The van der Waals surface area contributed by atoms with E-state index in [4.69, 9.17) is 9.47 Å². The van der Waals surface area contributed by atoms with Gasteiger partial charge in [0.05, 0.1) is 13.2 Å². The Kier molecular flexibility index (Phi) is 7.76. The molecule has 0 spiro atoms. The van der Waals surface area contributed by atoms with E-state index in [2.05, 4.69) is 45.1 Å². The summed E-state index contributed by atoms with van der Waals surface area (Å²) >= 11 is 0. The highest BCUT2D eigenvalue weighted by Crippen LogP contribution is 2.33. The minimum Gasteiger partial charge on any atom is -0.496 e. The zero-order chi connectivity index (χ0) is 15.8. The van der Waals surface area contributed by atoms with Crippen molar-refractivity contribution in [2.75, 3.05) is 20.8 Å². The Morgan fingerprint density at radius 2 is 1.86 bits per heavy atom. The molecule has 0 saturated heterocycles.